The molecule has 12 heteroatoms. The van der Waals surface area contributed by atoms with Gasteiger partial charge in [-0.2, -0.15) is 0 Å². The van der Waals surface area contributed by atoms with Crippen molar-refractivity contribution in [2.45, 2.75) is 112 Å². The van der Waals surface area contributed by atoms with Crippen molar-refractivity contribution in [2.24, 2.45) is 29.4 Å². The van der Waals surface area contributed by atoms with Crippen LogP contribution in [-0.4, -0.2) is 58.4 Å². The van der Waals surface area contributed by atoms with Gasteiger partial charge in [-0.15, -0.1) is 11.3 Å². The molecule has 0 saturated carbocycles. The summed E-state index contributed by atoms with van der Waals surface area (Å²) < 4.78 is 11.3. The molecular formula is C36H54N4O7S. The minimum absolute atomic E-state index is 0.0959. The molecule has 0 fully saturated rings. The number of primary amides is 1. The molecule has 2 aromatic rings. The summed E-state index contributed by atoms with van der Waals surface area (Å²) >= 11 is 1.18. The molecule has 1 aromatic carbocycles. The molecule has 1 heterocycles. The number of nitrogens with zero attached hydrogens (tertiary/aromatic N) is 2. The number of nitrogens with two attached hydrogens (primary N) is 1. The molecular weight excluding hydrogens is 632 g/mol. The lowest BCUT2D eigenvalue weighted by molar-refractivity contribution is -0.158. The molecule has 0 radical (unpaired) electrons. The first-order valence-corrected chi connectivity index (χ1v) is 17.7. The number of hydrogen-bond acceptors (Lipinski definition) is 9. The van der Waals surface area contributed by atoms with E-state index in [1.165, 1.54) is 18.3 Å². The van der Waals surface area contributed by atoms with Crippen LogP contribution in [0.1, 0.15) is 115 Å². The molecule has 3 N–H and O–H groups in total. The highest BCUT2D eigenvalue weighted by atomic mass is 32.1. The lowest BCUT2D eigenvalue weighted by Crippen LogP contribution is -2.46. The smallest absolute Gasteiger partial charge is 0.307 e. The Bertz CT molecular complexity index is 1350. The van der Waals surface area contributed by atoms with Crippen LogP contribution < -0.4 is 11.1 Å². The van der Waals surface area contributed by atoms with Crippen molar-refractivity contribution < 1.29 is 33.4 Å². The number of rotatable bonds is 20. The average Bonchev–Trinajstić information content (AvgIpc) is 3.50. The van der Waals surface area contributed by atoms with Gasteiger partial charge in [0.15, 0.2) is 12.8 Å². The van der Waals surface area contributed by atoms with Crippen molar-refractivity contribution in [3.63, 3.8) is 0 Å². The van der Waals surface area contributed by atoms with Gasteiger partial charge in [0.2, 0.25) is 11.8 Å². The van der Waals surface area contributed by atoms with Crippen molar-refractivity contribution in [3.05, 3.63) is 52.0 Å². The molecule has 1 aromatic heterocycles. The standard InChI is InChI=1S/C36H54N4O7S/c1-9-24(6)16-32(42)40(21-46-33(43)15-22(2)3)30(23(4)5)19-31(47-26(8)41)36-39-29(20-48-36)35(45)38-28(17-25(7)34(37)44)18-27-13-11-10-12-14-27/h10-14,20,22-25,28,30-31H,9,15-19,21H2,1-8H3,(H2,37,44)(H,38,45). The SMILES string of the molecule is CCC(C)CC(=O)N(COC(=O)CC(C)C)C(CC(OC(C)=O)c1nc(C(=O)NC(Cc2ccccc2)CC(C)C(N)=O)cs1)C(C)C. The quantitative estimate of drug-likeness (QED) is 0.130. The number of thiazole rings is 1. The average molecular weight is 687 g/mol. The van der Waals surface area contributed by atoms with E-state index in [0.29, 0.717) is 17.8 Å². The summed E-state index contributed by atoms with van der Waals surface area (Å²) in [6.45, 7) is 14.6. The summed E-state index contributed by atoms with van der Waals surface area (Å²) in [5, 5.41) is 5.01. The highest BCUT2D eigenvalue weighted by Crippen LogP contribution is 2.31. The molecule has 11 nitrogen and oxygen atoms in total. The van der Waals surface area contributed by atoms with Gasteiger partial charge in [0, 0.05) is 49.6 Å². The number of hydrogen-bond donors (Lipinski definition) is 2. The van der Waals surface area contributed by atoms with Crippen LogP contribution in [0, 0.1) is 23.7 Å². The van der Waals surface area contributed by atoms with Gasteiger partial charge < -0.3 is 25.4 Å². The molecule has 5 unspecified atom stereocenters. The zero-order chi connectivity index (χ0) is 36.0. The number of carbonyl (C=O) groups excluding carboxylic acids is 5. The van der Waals surface area contributed by atoms with Gasteiger partial charge >= 0.3 is 11.9 Å². The largest absolute Gasteiger partial charge is 0.455 e. The van der Waals surface area contributed by atoms with Crippen LogP contribution in [0.5, 0.6) is 0 Å². The van der Waals surface area contributed by atoms with Gasteiger partial charge in [0.1, 0.15) is 10.7 Å². The van der Waals surface area contributed by atoms with Crippen LogP contribution in [-0.2, 0) is 35.1 Å². The van der Waals surface area contributed by atoms with E-state index in [0.717, 1.165) is 12.0 Å². The van der Waals surface area contributed by atoms with Gasteiger partial charge in [-0.05, 0) is 36.2 Å². The second-order valence-corrected chi connectivity index (χ2v) is 14.3. The van der Waals surface area contributed by atoms with E-state index in [-0.39, 0.29) is 61.4 Å². The first-order valence-electron chi connectivity index (χ1n) is 16.8. The molecule has 3 amide bonds. The number of aromatic nitrogens is 1. The topological polar surface area (TPSA) is 158 Å². The Morgan fingerprint density at radius 1 is 0.979 bits per heavy atom. The van der Waals surface area contributed by atoms with Crippen LogP contribution in [0.4, 0.5) is 0 Å². The summed E-state index contributed by atoms with van der Waals surface area (Å²) in [5.41, 5.74) is 6.67. The number of nitrogens with one attached hydrogen (secondary N) is 1. The van der Waals surface area contributed by atoms with E-state index in [4.69, 9.17) is 15.2 Å². The van der Waals surface area contributed by atoms with E-state index >= 15 is 0 Å². The molecule has 266 valence electrons. The Morgan fingerprint density at radius 2 is 1.65 bits per heavy atom. The Morgan fingerprint density at radius 3 is 2.21 bits per heavy atom. The molecule has 0 aliphatic rings. The molecule has 0 aliphatic heterocycles. The number of carbonyl (C=O) groups is 5. The van der Waals surface area contributed by atoms with Gasteiger partial charge in [0.05, 0.1) is 0 Å². The summed E-state index contributed by atoms with van der Waals surface area (Å²) in [5.74, 6) is -2.29. The third kappa shape index (κ3) is 13.7. The molecule has 5 atom stereocenters. The Labute approximate surface area is 289 Å². The second-order valence-electron chi connectivity index (χ2n) is 13.4. The molecule has 2 rings (SSSR count). The van der Waals surface area contributed by atoms with Crippen LogP contribution in [0.25, 0.3) is 0 Å². The number of esters is 2. The predicted octanol–water partition coefficient (Wildman–Crippen LogP) is 5.83. The molecule has 0 aliphatic carbocycles. The monoisotopic (exact) mass is 686 g/mol. The lowest BCUT2D eigenvalue weighted by atomic mass is 9.95. The second kappa shape index (κ2) is 19.9. The number of ether oxygens (including phenoxy) is 2. The van der Waals surface area contributed by atoms with Gasteiger partial charge in [-0.25, -0.2) is 4.98 Å². The van der Waals surface area contributed by atoms with Crippen LogP contribution in [0.15, 0.2) is 35.7 Å². The molecule has 0 bridgehead atoms. The highest BCUT2D eigenvalue weighted by molar-refractivity contribution is 7.09. The van der Waals surface area contributed by atoms with E-state index in [9.17, 15) is 24.0 Å². The fraction of sp³-hybridized carbons (Fsp3) is 0.611. The van der Waals surface area contributed by atoms with Crippen LogP contribution in [0.2, 0.25) is 0 Å². The van der Waals surface area contributed by atoms with Crippen molar-refractivity contribution >= 4 is 41.0 Å². The van der Waals surface area contributed by atoms with Gasteiger partial charge in [-0.1, -0.05) is 85.2 Å². The zero-order valence-corrected chi connectivity index (χ0v) is 30.5. The van der Waals surface area contributed by atoms with E-state index < -0.39 is 41.8 Å². The number of benzene rings is 1. The maximum absolute atomic E-state index is 13.6. The molecule has 48 heavy (non-hydrogen) atoms. The highest BCUT2D eigenvalue weighted by Gasteiger charge is 2.34. The molecule has 0 saturated heterocycles. The number of amides is 3. The minimum Gasteiger partial charge on any atom is -0.455 e. The van der Waals surface area contributed by atoms with Crippen LogP contribution in [0.3, 0.4) is 0 Å². The maximum Gasteiger partial charge on any atom is 0.307 e. The van der Waals surface area contributed by atoms with E-state index in [2.05, 4.69) is 10.3 Å². The summed E-state index contributed by atoms with van der Waals surface area (Å²) in [6, 6.07) is 8.77. The van der Waals surface area contributed by atoms with Crippen LogP contribution >= 0.6 is 11.3 Å². The van der Waals surface area contributed by atoms with Crippen molar-refractivity contribution in [1.82, 2.24) is 15.2 Å². The first kappa shape index (κ1) is 40.4. The molecule has 0 spiro atoms. The first-order chi connectivity index (χ1) is 22.6. The normalized spacial score (nSPS) is 14.5. The predicted molar refractivity (Wildman–Crippen MR) is 186 cm³/mol. The van der Waals surface area contributed by atoms with Gasteiger partial charge in [-0.3, -0.25) is 24.0 Å². The minimum atomic E-state index is -0.860. The third-order valence-electron chi connectivity index (χ3n) is 8.23. The Hall–Kier alpha value is -3.80. The third-order valence-corrected chi connectivity index (χ3v) is 9.16. The fourth-order valence-electron chi connectivity index (χ4n) is 5.26. The van der Waals surface area contributed by atoms with Gasteiger partial charge in [0.25, 0.3) is 5.91 Å². The zero-order valence-electron chi connectivity index (χ0n) is 29.7. The van der Waals surface area contributed by atoms with E-state index in [1.54, 1.807) is 17.2 Å². The summed E-state index contributed by atoms with van der Waals surface area (Å²) in [7, 11) is 0. The Balaban J connectivity index is 2.35. The fourth-order valence-corrected chi connectivity index (χ4v) is 6.10. The Kier molecular flexibility index (Phi) is 16.7. The summed E-state index contributed by atoms with van der Waals surface area (Å²) in [6.07, 6.45) is 1.49. The van der Waals surface area contributed by atoms with Crippen molar-refractivity contribution in [2.75, 3.05) is 6.73 Å². The van der Waals surface area contributed by atoms with Crippen molar-refractivity contribution in [1.29, 1.82) is 0 Å². The lowest BCUT2D eigenvalue weighted by Gasteiger charge is -2.36. The van der Waals surface area contributed by atoms with E-state index in [1.807, 2.05) is 71.9 Å². The maximum atomic E-state index is 13.6. The summed E-state index contributed by atoms with van der Waals surface area (Å²) in [4.78, 5) is 69.8. The van der Waals surface area contributed by atoms with Crippen molar-refractivity contribution in [3.8, 4) is 0 Å².